The number of hydrogen-bond acceptors (Lipinski definition) is 4. The van der Waals surface area contributed by atoms with Crippen molar-refractivity contribution >= 4 is 22.7 Å². The van der Waals surface area contributed by atoms with Gasteiger partial charge in [0, 0.05) is 12.7 Å². The molecule has 0 spiro atoms. The van der Waals surface area contributed by atoms with Crippen LogP contribution in [0.2, 0.25) is 0 Å². The van der Waals surface area contributed by atoms with Crippen molar-refractivity contribution in [3.63, 3.8) is 0 Å². The maximum atomic E-state index is 11.7. The van der Waals surface area contributed by atoms with Gasteiger partial charge in [0.15, 0.2) is 0 Å². The number of carbonyl (C=O) groups excluding carboxylic acids is 1. The van der Waals surface area contributed by atoms with Crippen molar-refractivity contribution in [3.05, 3.63) is 77.5 Å². The number of amides is 1. The molecular formula is C21H22N2O2S. The van der Waals surface area contributed by atoms with E-state index in [2.05, 4.69) is 6.58 Å². The van der Waals surface area contributed by atoms with Gasteiger partial charge in [-0.1, -0.05) is 60.3 Å². The molecule has 134 valence electrons. The first-order valence-electron chi connectivity index (χ1n) is 8.43. The Kier molecular flexibility index (Phi) is 5.47. The highest BCUT2D eigenvalue weighted by Gasteiger charge is 2.31. The molecule has 5 heteroatoms. The zero-order valence-electron chi connectivity index (χ0n) is 15.0. The number of carbonyl (C=O) groups is 1. The summed E-state index contributed by atoms with van der Waals surface area (Å²) < 4.78 is 5.73. The average Bonchev–Trinajstić information content (AvgIpc) is 2.87. The molecule has 2 aromatic carbocycles. The van der Waals surface area contributed by atoms with E-state index in [0.717, 1.165) is 34.6 Å². The van der Waals surface area contributed by atoms with Crippen molar-refractivity contribution < 1.29 is 9.53 Å². The van der Waals surface area contributed by atoms with Gasteiger partial charge in [-0.3, -0.25) is 4.79 Å². The smallest absolute Gasteiger partial charge is 0.286 e. The monoisotopic (exact) mass is 366 g/mol. The van der Waals surface area contributed by atoms with Crippen LogP contribution in [0.4, 0.5) is 4.79 Å². The summed E-state index contributed by atoms with van der Waals surface area (Å²) in [5.74, 6) is 0.734. The Bertz CT molecular complexity index is 845. The summed E-state index contributed by atoms with van der Waals surface area (Å²) in [6.07, 6.45) is 0.763. The Morgan fingerprint density at radius 3 is 2.62 bits per heavy atom. The lowest BCUT2D eigenvalue weighted by atomic mass is 10.1. The van der Waals surface area contributed by atoms with Crippen molar-refractivity contribution in [2.45, 2.75) is 18.6 Å². The van der Waals surface area contributed by atoms with Gasteiger partial charge in [-0.15, -0.1) is 0 Å². The fraction of sp³-hybridized carbons (Fsp3) is 0.238. The number of aryl methyl sites for hydroxylation is 1. The number of thioether (sulfide) groups is 1. The maximum absolute atomic E-state index is 11.7. The van der Waals surface area contributed by atoms with Crippen molar-refractivity contribution in [2.24, 2.45) is 0 Å². The SMILES string of the molecule is C=C1C(Cc2ccc(OCC(=N)c3cccc(C)c3)cc2)SC(=O)N1C. The molecule has 1 N–H and O–H groups in total. The second-order valence-corrected chi connectivity index (χ2v) is 7.56. The summed E-state index contributed by atoms with van der Waals surface area (Å²) in [5.41, 5.74) is 4.46. The second kappa shape index (κ2) is 7.79. The lowest BCUT2D eigenvalue weighted by molar-refractivity contribution is 0.244. The quantitative estimate of drug-likeness (QED) is 0.756. The Morgan fingerprint density at radius 1 is 1.27 bits per heavy atom. The first-order valence-corrected chi connectivity index (χ1v) is 9.31. The molecule has 0 aromatic heterocycles. The van der Waals surface area contributed by atoms with E-state index in [1.165, 1.54) is 11.8 Å². The fourth-order valence-corrected chi connectivity index (χ4v) is 3.86. The minimum atomic E-state index is 0.0506. The molecule has 2 aromatic rings. The van der Waals surface area contributed by atoms with Crippen LogP contribution in [-0.4, -0.2) is 34.8 Å². The van der Waals surface area contributed by atoms with Gasteiger partial charge in [0.25, 0.3) is 5.24 Å². The molecule has 0 aliphatic carbocycles. The minimum Gasteiger partial charge on any atom is -0.487 e. The maximum Gasteiger partial charge on any atom is 0.286 e. The number of nitrogens with one attached hydrogen (secondary N) is 1. The molecule has 3 rings (SSSR count). The zero-order valence-corrected chi connectivity index (χ0v) is 15.8. The molecule has 0 saturated carbocycles. The molecule has 1 atom stereocenters. The van der Waals surface area contributed by atoms with E-state index in [-0.39, 0.29) is 17.1 Å². The van der Waals surface area contributed by atoms with Crippen molar-refractivity contribution in [3.8, 4) is 5.75 Å². The second-order valence-electron chi connectivity index (χ2n) is 6.41. The number of hydrogen-bond donors (Lipinski definition) is 1. The van der Waals surface area contributed by atoms with Crippen LogP contribution >= 0.6 is 11.8 Å². The van der Waals surface area contributed by atoms with E-state index in [4.69, 9.17) is 10.1 Å². The van der Waals surface area contributed by atoms with Gasteiger partial charge in [0.05, 0.1) is 11.0 Å². The molecule has 1 fully saturated rings. The van der Waals surface area contributed by atoms with Crippen LogP contribution < -0.4 is 4.74 Å². The van der Waals surface area contributed by atoms with Gasteiger partial charge in [-0.05, 0) is 36.6 Å². The number of benzene rings is 2. The summed E-state index contributed by atoms with van der Waals surface area (Å²) in [5, 5.41) is 8.30. The summed E-state index contributed by atoms with van der Waals surface area (Å²) in [7, 11) is 1.76. The molecule has 26 heavy (non-hydrogen) atoms. The highest BCUT2D eigenvalue weighted by atomic mass is 32.2. The van der Waals surface area contributed by atoms with Gasteiger partial charge < -0.3 is 15.0 Å². The highest BCUT2D eigenvalue weighted by Crippen LogP contribution is 2.34. The third kappa shape index (κ3) is 4.17. The topological polar surface area (TPSA) is 53.4 Å². The zero-order chi connectivity index (χ0) is 18.7. The minimum absolute atomic E-state index is 0.0506. The summed E-state index contributed by atoms with van der Waals surface area (Å²) in [6, 6.07) is 15.7. The van der Waals surface area contributed by atoms with E-state index < -0.39 is 0 Å². The van der Waals surface area contributed by atoms with Crippen LogP contribution in [0.3, 0.4) is 0 Å². The molecule has 1 heterocycles. The third-order valence-corrected chi connectivity index (χ3v) is 5.61. The summed E-state index contributed by atoms with van der Waals surface area (Å²) >= 11 is 1.32. The van der Waals surface area contributed by atoms with E-state index in [0.29, 0.717) is 5.71 Å². The van der Waals surface area contributed by atoms with Crippen LogP contribution in [0, 0.1) is 12.3 Å². The molecule has 1 aliphatic heterocycles. The molecule has 1 unspecified atom stereocenters. The molecule has 1 aliphatic rings. The normalized spacial score (nSPS) is 16.8. The lowest BCUT2D eigenvalue weighted by Crippen LogP contribution is -2.17. The Hall–Kier alpha value is -2.53. The van der Waals surface area contributed by atoms with Gasteiger partial charge in [0.1, 0.15) is 12.4 Å². The largest absolute Gasteiger partial charge is 0.487 e. The van der Waals surface area contributed by atoms with Crippen LogP contribution in [0.5, 0.6) is 5.75 Å². The number of ether oxygens (including phenoxy) is 1. The summed E-state index contributed by atoms with van der Waals surface area (Å²) in [4.78, 5) is 13.3. The molecule has 1 amide bonds. The predicted molar refractivity (Wildman–Crippen MR) is 107 cm³/mol. The van der Waals surface area contributed by atoms with Crippen molar-refractivity contribution in [1.82, 2.24) is 4.90 Å². The van der Waals surface area contributed by atoms with Crippen molar-refractivity contribution in [1.29, 1.82) is 5.41 Å². The van der Waals surface area contributed by atoms with E-state index in [9.17, 15) is 4.79 Å². The Labute approximate surface area is 158 Å². The van der Waals surface area contributed by atoms with Gasteiger partial charge in [-0.2, -0.15) is 0 Å². The van der Waals surface area contributed by atoms with Crippen LogP contribution in [0.1, 0.15) is 16.7 Å². The standard InChI is InChI=1S/C21H22N2O2S/c1-14-5-4-6-17(11-14)19(22)13-25-18-9-7-16(8-10-18)12-20-15(2)23(3)21(24)26-20/h4-11,20,22H,2,12-13H2,1,3H3. The molecular weight excluding hydrogens is 344 g/mol. The molecule has 0 radical (unpaired) electrons. The predicted octanol–water partition coefficient (Wildman–Crippen LogP) is 4.67. The average molecular weight is 366 g/mol. The van der Waals surface area contributed by atoms with Crippen LogP contribution in [0.25, 0.3) is 0 Å². The Balaban J connectivity index is 1.56. The van der Waals surface area contributed by atoms with E-state index in [1.807, 2.05) is 55.5 Å². The van der Waals surface area contributed by atoms with Crippen LogP contribution in [-0.2, 0) is 6.42 Å². The first-order chi connectivity index (χ1) is 12.4. The highest BCUT2D eigenvalue weighted by molar-refractivity contribution is 8.14. The van der Waals surface area contributed by atoms with Crippen molar-refractivity contribution in [2.75, 3.05) is 13.7 Å². The number of rotatable bonds is 6. The van der Waals surface area contributed by atoms with Crippen LogP contribution in [0.15, 0.2) is 60.8 Å². The van der Waals surface area contributed by atoms with Gasteiger partial charge >= 0.3 is 0 Å². The van der Waals surface area contributed by atoms with E-state index in [1.54, 1.807) is 11.9 Å². The molecule has 4 nitrogen and oxygen atoms in total. The lowest BCUT2D eigenvalue weighted by Gasteiger charge is -2.13. The first kappa shape index (κ1) is 18.3. The fourth-order valence-electron chi connectivity index (χ4n) is 2.77. The van der Waals surface area contributed by atoms with Gasteiger partial charge in [0.2, 0.25) is 0 Å². The summed E-state index contributed by atoms with van der Waals surface area (Å²) in [6.45, 7) is 6.25. The molecule has 0 bridgehead atoms. The van der Waals surface area contributed by atoms with Gasteiger partial charge in [-0.25, -0.2) is 0 Å². The number of nitrogens with zero attached hydrogens (tertiary/aromatic N) is 1. The molecule has 1 saturated heterocycles. The third-order valence-electron chi connectivity index (χ3n) is 4.41. The van der Waals surface area contributed by atoms with E-state index >= 15 is 0 Å². The Morgan fingerprint density at radius 2 is 2.00 bits per heavy atom.